The van der Waals surface area contributed by atoms with E-state index in [2.05, 4.69) is 44.2 Å². The fourth-order valence-corrected chi connectivity index (χ4v) is 6.53. The summed E-state index contributed by atoms with van der Waals surface area (Å²) in [5, 5.41) is 0. The van der Waals surface area contributed by atoms with Gasteiger partial charge in [0.2, 0.25) is 0 Å². The molecule has 0 aromatic rings. The fourth-order valence-electron chi connectivity index (χ4n) is 1.80. The van der Waals surface area contributed by atoms with Crippen molar-refractivity contribution in [1.82, 2.24) is 9.55 Å². The molecule has 4 heteroatoms. The number of halogens is 1. The summed E-state index contributed by atoms with van der Waals surface area (Å²) in [6.45, 7) is 14.1. The molecule has 2 unspecified atom stereocenters. The second-order valence-corrected chi connectivity index (χ2v) is 8.73. The number of hydrogen-bond acceptors (Lipinski definition) is 2. The van der Waals surface area contributed by atoms with E-state index in [1.54, 1.807) is 0 Å². The van der Waals surface area contributed by atoms with Gasteiger partial charge in [0.05, 0.1) is 0 Å². The summed E-state index contributed by atoms with van der Waals surface area (Å²) >= 11 is 6.81. The molecule has 0 radical (unpaired) electrons. The number of nitrogens with zero attached hydrogens (tertiary/aromatic N) is 1. The Morgan fingerprint density at radius 2 is 1.71 bits per heavy atom. The molecule has 0 aliphatic carbocycles. The molecule has 0 spiro atoms. The molecular weight excluding hydrogens is 212 g/mol. The van der Waals surface area contributed by atoms with Gasteiger partial charge in [0.15, 0.2) is 0 Å². The molecular formula is C10H25ClN2Si. The molecule has 0 heterocycles. The van der Waals surface area contributed by atoms with Crippen LogP contribution in [-0.4, -0.2) is 31.9 Å². The second-order valence-electron chi connectivity index (χ2n) is 3.69. The molecule has 0 aromatic carbocycles. The molecule has 0 aromatic heterocycles. The first-order valence-corrected chi connectivity index (χ1v) is 8.79. The maximum atomic E-state index is 6.81. The van der Waals surface area contributed by atoms with Crippen molar-refractivity contribution < 1.29 is 0 Å². The van der Waals surface area contributed by atoms with Crippen LogP contribution in [0.2, 0.25) is 5.54 Å². The third kappa shape index (κ3) is 3.23. The van der Waals surface area contributed by atoms with Gasteiger partial charge in [-0.25, -0.2) is 0 Å². The summed E-state index contributed by atoms with van der Waals surface area (Å²) in [4.78, 5) is 3.54. The average Bonchev–Trinajstić information content (AvgIpc) is 2.18. The largest absolute Gasteiger partial charge is 0.313 e. The SMILES string of the molecule is CCN[Si](Cl)(C(C)CC)N(CC)CC. The van der Waals surface area contributed by atoms with Crippen molar-refractivity contribution in [3.63, 3.8) is 0 Å². The molecule has 0 aliphatic heterocycles. The Balaban J connectivity index is 4.66. The summed E-state index contributed by atoms with van der Waals surface area (Å²) in [7, 11) is -1.93. The summed E-state index contributed by atoms with van der Waals surface area (Å²) < 4.78 is 2.42. The van der Waals surface area contributed by atoms with Gasteiger partial charge < -0.3 is 9.55 Å². The summed E-state index contributed by atoms with van der Waals surface area (Å²) in [5.74, 6) is 0. The number of nitrogens with one attached hydrogen (secondary N) is 1. The van der Waals surface area contributed by atoms with Crippen LogP contribution in [-0.2, 0) is 0 Å². The normalized spacial score (nSPS) is 18.2. The van der Waals surface area contributed by atoms with Crippen LogP contribution >= 0.6 is 11.1 Å². The van der Waals surface area contributed by atoms with Crippen molar-refractivity contribution in [3.8, 4) is 0 Å². The highest BCUT2D eigenvalue weighted by molar-refractivity contribution is 7.18. The van der Waals surface area contributed by atoms with Crippen molar-refractivity contribution in [2.75, 3.05) is 19.6 Å². The maximum absolute atomic E-state index is 6.81. The van der Waals surface area contributed by atoms with E-state index < -0.39 is 7.71 Å². The third-order valence-corrected chi connectivity index (χ3v) is 9.27. The maximum Gasteiger partial charge on any atom is 0.307 e. The topological polar surface area (TPSA) is 15.3 Å². The molecule has 14 heavy (non-hydrogen) atoms. The highest BCUT2D eigenvalue weighted by Crippen LogP contribution is 2.29. The van der Waals surface area contributed by atoms with Gasteiger partial charge in [0.1, 0.15) is 0 Å². The zero-order chi connectivity index (χ0) is 11.2. The van der Waals surface area contributed by atoms with Crippen LogP contribution in [0.15, 0.2) is 0 Å². The third-order valence-electron chi connectivity index (χ3n) is 2.91. The Bertz CT molecular complexity index is 153. The predicted octanol–water partition coefficient (Wildman–Crippen LogP) is 2.92. The first-order valence-electron chi connectivity index (χ1n) is 5.75. The Labute approximate surface area is 94.9 Å². The standard InChI is InChI=1S/C10H25ClN2Si/c1-6-10(5)14(11,12-7-2)13(8-3)9-4/h10,12H,6-9H2,1-5H3. The van der Waals surface area contributed by atoms with E-state index in [-0.39, 0.29) is 0 Å². The fraction of sp³-hybridized carbons (Fsp3) is 1.00. The van der Waals surface area contributed by atoms with Crippen molar-refractivity contribution in [1.29, 1.82) is 0 Å². The van der Waals surface area contributed by atoms with Crippen LogP contribution in [0.3, 0.4) is 0 Å². The molecule has 1 N–H and O–H groups in total. The quantitative estimate of drug-likeness (QED) is 0.540. The van der Waals surface area contributed by atoms with Gasteiger partial charge in [-0.05, 0) is 25.2 Å². The minimum Gasteiger partial charge on any atom is -0.313 e. The molecule has 0 fully saturated rings. The van der Waals surface area contributed by atoms with Crippen LogP contribution in [0.4, 0.5) is 0 Å². The second kappa shape index (κ2) is 6.83. The zero-order valence-corrected chi connectivity index (χ0v) is 12.0. The van der Waals surface area contributed by atoms with Crippen molar-refractivity contribution in [2.24, 2.45) is 0 Å². The Kier molecular flexibility index (Phi) is 7.04. The van der Waals surface area contributed by atoms with Crippen molar-refractivity contribution in [2.45, 2.75) is 46.6 Å². The Hall–Kier alpha value is 0.427. The van der Waals surface area contributed by atoms with Crippen LogP contribution in [0, 0.1) is 0 Å². The van der Waals surface area contributed by atoms with E-state index in [1.807, 2.05) is 0 Å². The lowest BCUT2D eigenvalue weighted by atomic mass is 10.4. The molecule has 0 bridgehead atoms. The smallest absolute Gasteiger partial charge is 0.307 e. The van der Waals surface area contributed by atoms with E-state index in [4.69, 9.17) is 11.1 Å². The van der Waals surface area contributed by atoms with E-state index in [0.717, 1.165) is 26.1 Å². The molecule has 0 aliphatic rings. The summed E-state index contributed by atoms with van der Waals surface area (Å²) in [5.41, 5.74) is 0.587. The lowest BCUT2D eigenvalue weighted by Gasteiger charge is -2.39. The van der Waals surface area contributed by atoms with Gasteiger partial charge >= 0.3 is 7.71 Å². The van der Waals surface area contributed by atoms with Gasteiger partial charge in [-0.2, -0.15) is 0 Å². The van der Waals surface area contributed by atoms with Gasteiger partial charge in [-0.1, -0.05) is 41.0 Å². The van der Waals surface area contributed by atoms with Gasteiger partial charge in [0, 0.05) is 0 Å². The molecule has 2 nitrogen and oxygen atoms in total. The molecule has 86 valence electrons. The van der Waals surface area contributed by atoms with Crippen LogP contribution in [0.25, 0.3) is 0 Å². The lowest BCUT2D eigenvalue weighted by molar-refractivity contribution is 0.447. The summed E-state index contributed by atoms with van der Waals surface area (Å²) in [6.07, 6.45) is 1.15. The molecule has 0 rings (SSSR count). The minimum absolute atomic E-state index is 0.587. The van der Waals surface area contributed by atoms with Crippen LogP contribution in [0.5, 0.6) is 0 Å². The average molecular weight is 237 g/mol. The minimum atomic E-state index is -1.93. The van der Waals surface area contributed by atoms with E-state index in [1.165, 1.54) is 0 Å². The molecule has 0 amide bonds. The van der Waals surface area contributed by atoms with Crippen LogP contribution in [0.1, 0.15) is 41.0 Å². The Morgan fingerprint density at radius 3 is 2.00 bits per heavy atom. The number of hydrogen-bond donors (Lipinski definition) is 1. The summed E-state index contributed by atoms with van der Waals surface area (Å²) in [6, 6.07) is 0. The predicted molar refractivity (Wildman–Crippen MR) is 67.9 cm³/mol. The van der Waals surface area contributed by atoms with E-state index >= 15 is 0 Å². The van der Waals surface area contributed by atoms with Gasteiger partial charge in [-0.3, -0.25) is 0 Å². The molecule has 2 atom stereocenters. The Morgan fingerprint density at radius 1 is 1.21 bits per heavy atom. The lowest BCUT2D eigenvalue weighted by Crippen LogP contribution is -2.62. The van der Waals surface area contributed by atoms with Gasteiger partial charge in [0.25, 0.3) is 0 Å². The highest BCUT2D eigenvalue weighted by Gasteiger charge is 2.41. The highest BCUT2D eigenvalue weighted by atomic mass is 35.6. The van der Waals surface area contributed by atoms with E-state index in [9.17, 15) is 0 Å². The van der Waals surface area contributed by atoms with Crippen molar-refractivity contribution in [3.05, 3.63) is 0 Å². The zero-order valence-electron chi connectivity index (χ0n) is 10.2. The molecule has 0 saturated heterocycles. The monoisotopic (exact) mass is 236 g/mol. The van der Waals surface area contributed by atoms with Crippen molar-refractivity contribution >= 4 is 18.8 Å². The molecule has 0 saturated carbocycles. The van der Waals surface area contributed by atoms with Gasteiger partial charge in [-0.15, -0.1) is 11.1 Å². The van der Waals surface area contributed by atoms with E-state index in [0.29, 0.717) is 5.54 Å². The van der Waals surface area contributed by atoms with Crippen LogP contribution < -0.4 is 4.98 Å². The first kappa shape index (κ1) is 14.4. The number of rotatable bonds is 7. The first-order chi connectivity index (χ1) is 6.56.